The Hall–Kier alpha value is -1.62. The van der Waals surface area contributed by atoms with Gasteiger partial charge in [0.05, 0.1) is 11.2 Å². The van der Waals surface area contributed by atoms with Crippen LogP contribution < -0.4 is 11.1 Å². The minimum Gasteiger partial charge on any atom is -0.397 e. The van der Waals surface area contributed by atoms with Crippen LogP contribution in [0, 0.1) is 0 Å². The van der Waals surface area contributed by atoms with E-state index in [4.69, 9.17) is 5.73 Å². The highest BCUT2D eigenvalue weighted by Gasteiger charge is 2.36. The first-order chi connectivity index (χ1) is 9.63. The summed E-state index contributed by atoms with van der Waals surface area (Å²) in [5, 5.41) is 4.01. The first-order valence-corrected chi connectivity index (χ1v) is 8.07. The predicted octanol–water partition coefficient (Wildman–Crippen LogP) is 2.77. The smallest absolute Gasteiger partial charge is 0.267 e. The number of carbonyl (C=O) groups excluding carboxylic acids is 1. The van der Waals surface area contributed by atoms with Crippen LogP contribution >= 0.6 is 11.8 Å². The van der Waals surface area contributed by atoms with Crippen LogP contribution in [0.25, 0.3) is 10.9 Å². The maximum atomic E-state index is 12.2. The molecule has 1 aliphatic carbocycles. The van der Waals surface area contributed by atoms with Crippen LogP contribution in [0.2, 0.25) is 0 Å². The maximum Gasteiger partial charge on any atom is 0.267 e. The number of rotatable bonds is 4. The summed E-state index contributed by atoms with van der Waals surface area (Å²) in [4.78, 5) is 15.3. The first kappa shape index (κ1) is 13.4. The zero-order valence-electron chi connectivity index (χ0n) is 11.5. The monoisotopic (exact) mass is 289 g/mol. The number of hydrogen-bond donors (Lipinski definition) is 3. The summed E-state index contributed by atoms with van der Waals surface area (Å²) >= 11 is 1.86. The van der Waals surface area contributed by atoms with E-state index in [1.807, 2.05) is 36.0 Å². The van der Waals surface area contributed by atoms with Crippen molar-refractivity contribution in [3.05, 3.63) is 30.0 Å². The number of hydrogen-bond acceptors (Lipinski definition) is 3. The molecule has 1 amide bonds. The Morgan fingerprint density at radius 2 is 2.30 bits per heavy atom. The highest BCUT2D eigenvalue weighted by molar-refractivity contribution is 8.00. The number of thioether (sulfide) groups is 1. The SMILES string of the molecule is CSC1(CNC(=O)c2cc3cccc(N)c3[nH]2)CCC1. The molecule has 0 radical (unpaired) electrons. The molecule has 2 aromatic rings. The largest absolute Gasteiger partial charge is 0.397 e. The fourth-order valence-corrected chi connectivity index (χ4v) is 3.58. The number of nitrogen functional groups attached to an aromatic ring is 1. The first-order valence-electron chi connectivity index (χ1n) is 6.84. The molecule has 5 heteroatoms. The molecule has 1 saturated carbocycles. The highest BCUT2D eigenvalue weighted by Crippen LogP contribution is 2.42. The van der Waals surface area contributed by atoms with Gasteiger partial charge < -0.3 is 16.0 Å². The highest BCUT2D eigenvalue weighted by atomic mass is 32.2. The third-order valence-electron chi connectivity index (χ3n) is 4.20. The number of amides is 1. The summed E-state index contributed by atoms with van der Waals surface area (Å²) in [6.07, 6.45) is 5.76. The summed E-state index contributed by atoms with van der Waals surface area (Å²) in [6.45, 7) is 0.734. The molecule has 4 N–H and O–H groups in total. The van der Waals surface area contributed by atoms with Crippen molar-refractivity contribution in [2.75, 3.05) is 18.5 Å². The molecule has 20 heavy (non-hydrogen) atoms. The Labute approximate surface area is 122 Å². The van der Waals surface area contributed by atoms with Crippen molar-refractivity contribution in [1.29, 1.82) is 0 Å². The van der Waals surface area contributed by atoms with E-state index in [2.05, 4.69) is 16.6 Å². The third kappa shape index (κ3) is 2.26. The molecular weight excluding hydrogens is 270 g/mol. The van der Waals surface area contributed by atoms with Gasteiger partial charge in [-0.05, 0) is 31.2 Å². The summed E-state index contributed by atoms with van der Waals surface area (Å²) in [7, 11) is 0. The Morgan fingerprint density at radius 1 is 1.50 bits per heavy atom. The molecule has 0 bridgehead atoms. The molecule has 0 aliphatic heterocycles. The van der Waals surface area contributed by atoms with Crippen LogP contribution in [0.4, 0.5) is 5.69 Å². The van der Waals surface area contributed by atoms with E-state index in [1.165, 1.54) is 19.3 Å². The van der Waals surface area contributed by atoms with Crippen molar-refractivity contribution < 1.29 is 4.79 Å². The molecule has 0 spiro atoms. The lowest BCUT2D eigenvalue weighted by atomic mass is 9.84. The Morgan fingerprint density at radius 3 is 2.90 bits per heavy atom. The van der Waals surface area contributed by atoms with Gasteiger partial charge in [-0.3, -0.25) is 4.79 Å². The number of fused-ring (bicyclic) bond motifs is 1. The zero-order valence-corrected chi connectivity index (χ0v) is 12.3. The molecule has 0 atom stereocenters. The molecule has 1 heterocycles. The van der Waals surface area contributed by atoms with Gasteiger partial charge in [-0.15, -0.1) is 0 Å². The van der Waals surface area contributed by atoms with Crippen molar-refractivity contribution in [2.24, 2.45) is 0 Å². The summed E-state index contributed by atoms with van der Waals surface area (Å²) in [5.74, 6) is -0.0547. The number of carbonyl (C=O) groups is 1. The van der Waals surface area contributed by atoms with E-state index in [1.54, 1.807) is 0 Å². The van der Waals surface area contributed by atoms with E-state index in [9.17, 15) is 4.79 Å². The second kappa shape index (κ2) is 5.05. The van der Waals surface area contributed by atoms with Gasteiger partial charge in [0.25, 0.3) is 5.91 Å². The standard InChI is InChI=1S/C15H19N3OS/c1-20-15(6-3-7-15)9-17-14(19)12-8-10-4-2-5-11(16)13(10)18-12/h2,4-5,8,18H,3,6-7,9,16H2,1H3,(H,17,19). The maximum absolute atomic E-state index is 12.2. The molecule has 1 aromatic carbocycles. The number of aromatic amines is 1. The number of benzene rings is 1. The second-order valence-electron chi connectivity index (χ2n) is 5.42. The number of H-pyrrole nitrogens is 1. The average molecular weight is 289 g/mol. The number of aromatic nitrogens is 1. The number of anilines is 1. The Balaban J connectivity index is 1.74. The average Bonchev–Trinajstić information content (AvgIpc) is 2.83. The molecule has 1 fully saturated rings. The van der Waals surface area contributed by atoms with Gasteiger partial charge >= 0.3 is 0 Å². The number of para-hydroxylation sites is 1. The van der Waals surface area contributed by atoms with Crippen LogP contribution in [0.5, 0.6) is 0 Å². The van der Waals surface area contributed by atoms with Crippen LogP contribution in [-0.2, 0) is 0 Å². The van der Waals surface area contributed by atoms with Gasteiger partial charge in [-0.25, -0.2) is 0 Å². The molecule has 1 aromatic heterocycles. The summed E-state index contributed by atoms with van der Waals surface area (Å²) in [6, 6.07) is 7.53. The topological polar surface area (TPSA) is 70.9 Å². The fraction of sp³-hybridized carbons (Fsp3) is 0.400. The molecular formula is C15H19N3OS. The van der Waals surface area contributed by atoms with Crippen molar-refractivity contribution in [3.63, 3.8) is 0 Å². The van der Waals surface area contributed by atoms with Crippen LogP contribution in [0.15, 0.2) is 24.3 Å². The quantitative estimate of drug-likeness (QED) is 0.758. The zero-order chi connectivity index (χ0) is 14.2. The van der Waals surface area contributed by atoms with Crippen molar-refractivity contribution in [1.82, 2.24) is 10.3 Å². The molecule has 1 aliphatic rings. The summed E-state index contributed by atoms with van der Waals surface area (Å²) in [5.41, 5.74) is 7.98. The molecule has 0 saturated heterocycles. The van der Waals surface area contributed by atoms with Crippen molar-refractivity contribution >= 4 is 34.3 Å². The summed E-state index contributed by atoms with van der Waals surface area (Å²) < 4.78 is 0.251. The molecule has 3 rings (SSSR count). The van der Waals surface area contributed by atoms with E-state index in [0.717, 1.165) is 17.4 Å². The van der Waals surface area contributed by atoms with Gasteiger partial charge in [0.2, 0.25) is 0 Å². The van der Waals surface area contributed by atoms with E-state index < -0.39 is 0 Å². The fourth-order valence-electron chi connectivity index (χ4n) is 2.66. The normalized spacial score (nSPS) is 16.9. The van der Waals surface area contributed by atoms with E-state index in [-0.39, 0.29) is 10.7 Å². The van der Waals surface area contributed by atoms with Gasteiger partial charge in [0.15, 0.2) is 0 Å². The lowest BCUT2D eigenvalue weighted by Gasteiger charge is -2.40. The van der Waals surface area contributed by atoms with Gasteiger partial charge in [0, 0.05) is 16.7 Å². The minimum atomic E-state index is -0.0547. The molecule has 4 nitrogen and oxygen atoms in total. The minimum absolute atomic E-state index is 0.0547. The molecule has 0 unspecified atom stereocenters. The van der Waals surface area contributed by atoms with Gasteiger partial charge in [0.1, 0.15) is 5.69 Å². The lowest BCUT2D eigenvalue weighted by molar-refractivity contribution is 0.0940. The Bertz CT molecular complexity index is 640. The lowest BCUT2D eigenvalue weighted by Crippen LogP contribution is -2.45. The van der Waals surface area contributed by atoms with E-state index in [0.29, 0.717) is 11.4 Å². The Kier molecular flexibility index (Phi) is 3.38. The van der Waals surface area contributed by atoms with E-state index >= 15 is 0 Å². The third-order valence-corrected chi connectivity index (χ3v) is 5.62. The van der Waals surface area contributed by atoms with Crippen LogP contribution in [-0.4, -0.2) is 28.4 Å². The van der Waals surface area contributed by atoms with Crippen molar-refractivity contribution in [3.8, 4) is 0 Å². The number of nitrogens with two attached hydrogens (primary N) is 1. The van der Waals surface area contributed by atoms with Crippen LogP contribution in [0.1, 0.15) is 29.8 Å². The van der Waals surface area contributed by atoms with Crippen molar-refractivity contribution in [2.45, 2.75) is 24.0 Å². The van der Waals surface area contributed by atoms with Gasteiger partial charge in [-0.2, -0.15) is 11.8 Å². The van der Waals surface area contributed by atoms with Crippen LogP contribution in [0.3, 0.4) is 0 Å². The molecule has 106 valence electrons. The number of nitrogens with one attached hydrogen (secondary N) is 2. The van der Waals surface area contributed by atoms with Gasteiger partial charge in [-0.1, -0.05) is 18.6 Å². The predicted molar refractivity (Wildman–Crippen MR) is 85.1 cm³/mol. The second-order valence-corrected chi connectivity index (χ2v) is 6.69.